The molecule has 21 heavy (non-hydrogen) atoms. The molecule has 0 bridgehead atoms. The number of hydrogen-bond acceptors (Lipinski definition) is 4. The van der Waals surface area contributed by atoms with E-state index in [4.69, 9.17) is 5.73 Å². The van der Waals surface area contributed by atoms with E-state index in [2.05, 4.69) is 16.7 Å². The Kier molecular flexibility index (Phi) is 5.37. The summed E-state index contributed by atoms with van der Waals surface area (Å²) in [5.41, 5.74) is 7.72. The van der Waals surface area contributed by atoms with Gasteiger partial charge in [-0.3, -0.25) is 0 Å². The molecule has 1 aliphatic rings. The number of nitrogens with one attached hydrogen (secondary N) is 1. The topological polar surface area (TPSA) is 75.4 Å². The van der Waals surface area contributed by atoms with Gasteiger partial charge in [0.25, 0.3) is 0 Å². The number of benzene rings is 1. The van der Waals surface area contributed by atoms with Crippen LogP contribution in [0.5, 0.6) is 0 Å². The number of likely N-dealkylation sites (tertiary alicyclic amines) is 1. The van der Waals surface area contributed by atoms with E-state index in [0.29, 0.717) is 23.9 Å². The Labute approximate surface area is 127 Å². The molecule has 0 saturated carbocycles. The van der Waals surface area contributed by atoms with Crippen molar-refractivity contribution in [1.82, 2.24) is 9.62 Å². The van der Waals surface area contributed by atoms with Crippen molar-refractivity contribution in [1.29, 1.82) is 0 Å². The zero-order valence-electron chi connectivity index (χ0n) is 12.8. The van der Waals surface area contributed by atoms with E-state index in [0.717, 1.165) is 37.1 Å². The van der Waals surface area contributed by atoms with Gasteiger partial charge in [-0.1, -0.05) is 13.0 Å². The molecule has 0 spiro atoms. The summed E-state index contributed by atoms with van der Waals surface area (Å²) in [5, 5.41) is 0. The fourth-order valence-electron chi connectivity index (χ4n) is 2.81. The van der Waals surface area contributed by atoms with Crippen LogP contribution in [0.2, 0.25) is 0 Å². The summed E-state index contributed by atoms with van der Waals surface area (Å²) in [7, 11) is -1.39. The summed E-state index contributed by atoms with van der Waals surface area (Å²) in [6.45, 7) is 4.89. The maximum atomic E-state index is 12.4. The van der Waals surface area contributed by atoms with Crippen LogP contribution in [0.3, 0.4) is 0 Å². The van der Waals surface area contributed by atoms with Crippen LogP contribution in [0.25, 0.3) is 0 Å². The zero-order chi connectivity index (χ0) is 15.5. The average Bonchev–Trinajstić information content (AvgIpc) is 2.90. The highest BCUT2D eigenvalue weighted by Crippen LogP contribution is 2.18. The van der Waals surface area contributed by atoms with Crippen molar-refractivity contribution in [2.45, 2.75) is 31.2 Å². The number of rotatable bonds is 6. The van der Waals surface area contributed by atoms with Gasteiger partial charge >= 0.3 is 0 Å². The minimum Gasteiger partial charge on any atom is -0.326 e. The molecule has 1 unspecified atom stereocenters. The minimum absolute atomic E-state index is 0.312. The number of nitrogens with zero attached hydrogens (tertiary/aromatic N) is 1. The Bertz CT molecular complexity index is 587. The first-order valence-electron chi connectivity index (χ1n) is 7.46. The lowest BCUT2D eigenvalue weighted by Gasteiger charge is -2.13. The van der Waals surface area contributed by atoms with Gasteiger partial charge < -0.3 is 10.6 Å². The average molecular weight is 311 g/mol. The van der Waals surface area contributed by atoms with E-state index in [1.165, 1.54) is 0 Å². The molecule has 0 amide bonds. The minimum atomic E-state index is -3.45. The van der Waals surface area contributed by atoms with Crippen molar-refractivity contribution in [3.63, 3.8) is 0 Å². The van der Waals surface area contributed by atoms with Crippen molar-refractivity contribution in [3.05, 3.63) is 29.3 Å². The number of sulfonamides is 1. The molecule has 1 aliphatic heterocycles. The molecule has 1 aromatic rings. The van der Waals surface area contributed by atoms with Crippen molar-refractivity contribution in [2.75, 3.05) is 26.7 Å². The quantitative estimate of drug-likeness (QED) is 0.820. The molecule has 0 aromatic heterocycles. The molecule has 1 fully saturated rings. The molecule has 6 heteroatoms. The van der Waals surface area contributed by atoms with Crippen molar-refractivity contribution < 1.29 is 8.42 Å². The summed E-state index contributed by atoms with van der Waals surface area (Å²) >= 11 is 0. The number of aryl methyl sites for hydroxylation is 1. The van der Waals surface area contributed by atoms with Crippen molar-refractivity contribution >= 4 is 10.0 Å². The molecule has 3 N–H and O–H groups in total. The lowest BCUT2D eigenvalue weighted by molar-refractivity contribution is 0.394. The Hall–Kier alpha value is -0.950. The van der Waals surface area contributed by atoms with Crippen molar-refractivity contribution in [3.8, 4) is 0 Å². The molecule has 1 atom stereocenters. The molecular formula is C15H25N3O2S. The normalized spacial score (nSPS) is 20.0. The highest BCUT2D eigenvalue weighted by atomic mass is 32.2. The second-order valence-electron chi connectivity index (χ2n) is 5.76. The molecule has 0 aliphatic carbocycles. The van der Waals surface area contributed by atoms with Crippen LogP contribution in [0.4, 0.5) is 0 Å². The van der Waals surface area contributed by atoms with E-state index >= 15 is 0 Å². The molecule has 1 saturated heterocycles. The van der Waals surface area contributed by atoms with Crippen LogP contribution < -0.4 is 10.5 Å². The highest BCUT2D eigenvalue weighted by molar-refractivity contribution is 7.89. The smallest absolute Gasteiger partial charge is 0.240 e. The highest BCUT2D eigenvalue weighted by Gasteiger charge is 2.22. The van der Waals surface area contributed by atoms with E-state index in [9.17, 15) is 8.42 Å². The second kappa shape index (κ2) is 6.87. The fraction of sp³-hybridized carbons (Fsp3) is 0.600. The van der Waals surface area contributed by atoms with Crippen molar-refractivity contribution in [2.24, 2.45) is 11.7 Å². The Balaban J connectivity index is 2.08. The largest absolute Gasteiger partial charge is 0.326 e. The number of hydrogen-bond donors (Lipinski definition) is 2. The van der Waals surface area contributed by atoms with E-state index in [1.54, 1.807) is 12.1 Å². The Morgan fingerprint density at radius 3 is 2.71 bits per heavy atom. The third-order valence-electron chi connectivity index (χ3n) is 4.14. The molecular weight excluding hydrogens is 286 g/mol. The maximum absolute atomic E-state index is 12.4. The van der Waals surface area contributed by atoms with Crippen LogP contribution in [0.15, 0.2) is 23.1 Å². The summed E-state index contributed by atoms with van der Waals surface area (Å²) in [6.07, 6.45) is 1.90. The molecule has 0 radical (unpaired) electrons. The van der Waals surface area contributed by atoms with E-state index < -0.39 is 10.0 Å². The predicted octanol–water partition coefficient (Wildman–Crippen LogP) is 0.938. The maximum Gasteiger partial charge on any atom is 0.240 e. The van der Waals surface area contributed by atoms with Gasteiger partial charge in [-0.2, -0.15) is 0 Å². The van der Waals surface area contributed by atoms with Gasteiger partial charge in [-0.25, -0.2) is 13.1 Å². The Morgan fingerprint density at radius 1 is 1.38 bits per heavy atom. The molecule has 5 nitrogen and oxygen atoms in total. The summed E-state index contributed by atoms with van der Waals surface area (Å²) < 4.78 is 27.5. The van der Waals surface area contributed by atoms with Crippen LogP contribution in [0, 0.1) is 5.92 Å². The Morgan fingerprint density at radius 2 is 2.14 bits per heavy atom. The monoisotopic (exact) mass is 311 g/mol. The third-order valence-corrected chi connectivity index (χ3v) is 5.56. The van der Waals surface area contributed by atoms with E-state index in [-0.39, 0.29) is 0 Å². The third kappa shape index (κ3) is 4.03. The van der Waals surface area contributed by atoms with E-state index in [1.807, 2.05) is 13.0 Å². The number of nitrogens with two attached hydrogens (primary N) is 1. The van der Waals surface area contributed by atoms with Crippen LogP contribution >= 0.6 is 0 Å². The summed E-state index contributed by atoms with van der Waals surface area (Å²) in [4.78, 5) is 2.54. The fourth-order valence-corrected chi connectivity index (χ4v) is 3.97. The van der Waals surface area contributed by atoms with Crippen LogP contribution in [-0.4, -0.2) is 40.0 Å². The first kappa shape index (κ1) is 16.4. The molecule has 118 valence electrons. The van der Waals surface area contributed by atoms with Gasteiger partial charge in [-0.05, 0) is 55.6 Å². The lowest BCUT2D eigenvalue weighted by Crippen LogP contribution is -2.30. The SMILES string of the molecule is CCc1ccc(S(=O)(=O)NCC2CCN(C)C2)cc1CN. The zero-order valence-corrected chi connectivity index (χ0v) is 13.6. The molecule has 1 heterocycles. The first-order valence-corrected chi connectivity index (χ1v) is 8.94. The van der Waals surface area contributed by atoms with Gasteiger partial charge in [0.15, 0.2) is 0 Å². The van der Waals surface area contributed by atoms with Gasteiger partial charge in [0.1, 0.15) is 0 Å². The lowest BCUT2D eigenvalue weighted by atomic mass is 10.1. The summed E-state index contributed by atoms with van der Waals surface area (Å²) in [5.74, 6) is 0.397. The predicted molar refractivity (Wildman–Crippen MR) is 84.5 cm³/mol. The molecule has 1 aromatic carbocycles. The van der Waals surface area contributed by atoms with Gasteiger partial charge in [-0.15, -0.1) is 0 Å². The van der Waals surface area contributed by atoms with Gasteiger partial charge in [0.05, 0.1) is 4.90 Å². The van der Waals surface area contributed by atoms with Gasteiger partial charge in [0, 0.05) is 19.6 Å². The first-order chi connectivity index (χ1) is 9.96. The van der Waals surface area contributed by atoms with Gasteiger partial charge in [0.2, 0.25) is 10.0 Å². The van der Waals surface area contributed by atoms with Crippen LogP contribution in [-0.2, 0) is 23.0 Å². The summed E-state index contributed by atoms with van der Waals surface area (Å²) in [6, 6.07) is 5.23. The standard InChI is InChI=1S/C15H25N3O2S/c1-3-13-4-5-15(8-14(13)9-16)21(19,20)17-10-12-6-7-18(2)11-12/h4-5,8,12,17H,3,6-7,9-11,16H2,1-2H3. The second-order valence-corrected chi connectivity index (χ2v) is 7.52. The van der Waals surface area contributed by atoms with Crippen LogP contribution in [0.1, 0.15) is 24.5 Å². The molecule has 2 rings (SSSR count).